The molecule has 0 saturated carbocycles. The summed E-state index contributed by atoms with van der Waals surface area (Å²) < 4.78 is 3.47. The molecular weight excluding hydrogens is 340 g/mol. The monoisotopic (exact) mass is 358 g/mol. The van der Waals surface area contributed by atoms with E-state index in [0.717, 1.165) is 36.3 Å². The molecule has 130 valence electrons. The van der Waals surface area contributed by atoms with Gasteiger partial charge in [-0.3, -0.25) is 0 Å². The number of rotatable bonds is 7. The van der Waals surface area contributed by atoms with E-state index in [2.05, 4.69) is 17.0 Å². The molecule has 1 aromatic carbocycles. The molecule has 7 heteroatoms. The van der Waals surface area contributed by atoms with E-state index in [1.807, 2.05) is 28.9 Å². The van der Waals surface area contributed by atoms with Crippen LogP contribution in [0.1, 0.15) is 41.6 Å². The lowest BCUT2D eigenvalue weighted by molar-refractivity contribution is 0.0688. The van der Waals surface area contributed by atoms with Crippen LogP contribution in [0.15, 0.2) is 42.6 Å². The molecule has 0 aliphatic rings. The number of hydrogen-bond acceptors (Lipinski definition) is 3. The van der Waals surface area contributed by atoms with Crippen LogP contribution in [0.2, 0.25) is 5.28 Å². The van der Waals surface area contributed by atoms with Gasteiger partial charge in [0.1, 0.15) is 11.5 Å². The Labute approximate surface area is 150 Å². The summed E-state index contributed by atoms with van der Waals surface area (Å²) in [5.74, 6) is -0.0681. The molecule has 3 aromatic rings. The maximum Gasteiger partial charge on any atom is 0.352 e. The summed E-state index contributed by atoms with van der Waals surface area (Å²) in [5, 5.41) is 13.7. The predicted molar refractivity (Wildman–Crippen MR) is 95.5 cm³/mol. The average Bonchev–Trinajstić information content (AvgIpc) is 3.20. The van der Waals surface area contributed by atoms with Gasteiger partial charge in [-0.2, -0.15) is 0 Å². The second-order valence-electron chi connectivity index (χ2n) is 5.79. The minimum absolute atomic E-state index is 0.234. The van der Waals surface area contributed by atoms with Crippen molar-refractivity contribution in [2.24, 2.45) is 0 Å². The highest BCUT2D eigenvalue weighted by molar-refractivity contribution is 6.28. The van der Waals surface area contributed by atoms with E-state index < -0.39 is 5.97 Å². The Morgan fingerprint density at radius 2 is 2.00 bits per heavy atom. The molecule has 6 nitrogen and oxygen atoms in total. The fourth-order valence-electron chi connectivity index (χ4n) is 2.71. The van der Waals surface area contributed by atoms with Crippen molar-refractivity contribution in [1.82, 2.24) is 19.3 Å². The molecular formula is C18H19ClN4O2. The normalized spacial score (nSPS) is 11.0. The first-order valence-corrected chi connectivity index (χ1v) is 8.55. The van der Waals surface area contributed by atoms with E-state index in [9.17, 15) is 9.90 Å². The summed E-state index contributed by atoms with van der Waals surface area (Å²) in [6.45, 7) is 2.71. The standard InChI is InChI=1S/C18H19ClN4O2/c1-2-3-6-16-20-18(19)21-23(16)12-13-7-9-14(10-8-13)22-11-4-5-15(22)17(24)25/h4-5,7-11H,2-3,6,12H2,1H3,(H,24,25). The lowest BCUT2D eigenvalue weighted by atomic mass is 10.2. The number of carboxylic acid groups (broad SMARTS) is 1. The zero-order chi connectivity index (χ0) is 17.8. The highest BCUT2D eigenvalue weighted by atomic mass is 35.5. The van der Waals surface area contributed by atoms with E-state index in [4.69, 9.17) is 11.6 Å². The van der Waals surface area contributed by atoms with Crippen molar-refractivity contribution in [2.45, 2.75) is 32.7 Å². The van der Waals surface area contributed by atoms with Crippen molar-refractivity contribution in [3.05, 3.63) is 65.0 Å². The third-order valence-electron chi connectivity index (χ3n) is 3.99. The van der Waals surface area contributed by atoms with Gasteiger partial charge in [-0.05, 0) is 47.9 Å². The Morgan fingerprint density at radius 3 is 2.68 bits per heavy atom. The molecule has 0 aliphatic carbocycles. The number of aryl methyl sites for hydroxylation is 1. The lowest BCUT2D eigenvalue weighted by Crippen LogP contribution is -2.08. The van der Waals surface area contributed by atoms with E-state index in [1.165, 1.54) is 0 Å². The number of benzene rings is 1. The molecule has 0 bridgehead atoms. The summed E-state index contributed by atoms with van der Waals surface area (Å²) >= 11 is 5.95. The van der Waals surface area contributed by atoms with Gasteiger partial charge in [0, 0.05) is 18.3 Å². The fourth-order valence-corrected chi connectivity index (χ4v) is 2.89. The Hall–Kier alpha value is -2.60. The van der Waals surface area contributed by atoms with Crippen LogP contribution >= 0.6 is 11.6 Å². The van der Waals surface area contributed by atoms with E-state index in [-0.39, 0.29) is 11.0 Å². The Morgan fingerprint density at radius 1 is 1.24 bits per heavy atom. The van der Waals surface area contributed by atoms with Gasteiger partial charge >= 0.3 is 5.97 Å². The van der Waals surface area contributed by atoms with Crippen LogP contribution in [-0.2, 0) is 13.0 Å². The molecule has 0 unspecified atom stereocenters. The van der Waals surface area contributed by atoms with Gasteiger partial charge in [0.15, 0.2) is 0 Å². The molecule has 0 spiro atoms. The van der Waals surface area contributed by atoms with Crippen molar-refractivity contribution >= 4 is 17.6 Å². The highest BCUT2D eigenvalue weighted by Crippen LogP contribution is 2.16. The van der Waals surface area contributed by atoms with Crippen LogP contribution in [0.3, 0.4) is 0 Å². The largest absolute Gasteiger partial charge is 0.477 e. The van der Waals surface area contributed by atoms with Crippen LogP contribution in [-0.4, -0.2) is 30.4 Å². The average molecular weight is 359 g/mol. The zero-order valence-corrected chi connectivity index (χ0v) is 14.6. The van der Waals surface area contributed by atoms with Crippen molar-refractivity contribution in [3.8, 4) is 5.69 Å². The van der Waals surface area contributed by atoms with Crippen molar-refractivity contribution in [3.63, 3.8) is 0 Å². The molecule has 0 radical (unpaired) electrons. The van der Waals surface area contributed by atoms with Crippen LogP contribution in [0.5, 0.6) is 0 Å². The molecule has 0 atom stereocenters. The number of carbonyl (C=O) groups is 1. The van der Waals surface area contributed by atoms with Gasteiger partial charge in [-0.15, -0.1) is 5.10 Å². The summed E-state index contributed by atoms with van der Waals surface area (Å²) in [6.07, 6.45) is 4.71. The number of halogens is 1. The molecule has 3 rings (SSSR count). The minimum Gasteiger partial charge on any atom is -0.477 e. The first kappa shape index (κ1) is 17.2. The minimum atomic E-state index is -0.952. The molecule has 0 aliphatic heterocycles. The molecule has 25 heavy (non-hydrogen) atoms. The third kappa shape index (κ3) is 3.91. The molecule has 0 saturated heterocycles. The van der Waals surface area contributed by atoms with Crippen LogP contribution in [0.4, 0.5) is 0 Å². The molecule has 1 N–H and O–H groups in total. The Balaban J connectivity index is 1.79. The van der Waals surface area contributed by atoms with Crippen LogP contribution < -0.4 is 0 Å². The molecule has 0 amide bonds. The predicted octanol–water partition coefficient (Wildman–Crippen LogP) is 3.81. The second kappa shape index (κ2) is 7.53. The van der Waals surface area contributed by atoms with Gasteiger partial charge in [0.2, 0.25) is 5.28 Å². The SMILES string of the molecule is CCCCc1nc(Cl)nn1Cc1ccc(-n2cccc2C(=O)O)cc1. The summed E-state index contributed by atoms with van der Waals surface area (Å²) in [6, 6.07) is 11.0. The number of nitrogens with zero attached hydrogens (tertiary/aromatic N) is 4. The van der Waals surface area contributed by atoms with Crippen molar-refractivity contribution < 1.29 is 9.90 Å². The summed E-state index contributed by atoms with van der Waals surface area (Å²) in [7, 11) is 0. The topological polar surface area (TPSA) is 72.9 Å². The number of aromatic carboxylic acids is 1. The van der Waals surface area contributed by atoms with Gasteiger partial charge in [-0.25, -0.2) is 14.5 Å². The number of unbranched alkanes of at least 4 members (excludes halogenated alkanes) is 1. The Kier molecular flexibility index (Phi) is 5.19. The highest BCUT2D eigenvalue weighted by Gasteiger charge is 2.11. The first-order valence-electron chi connectivity index (χ1n) is 8.17. The number of carboxylic acids is 1. The zero-order valence-electron chi connectivity index (χ0n) is 13.9. The third-order valence-corrected chi connectivity index (χ3v) is 4.15. The van der Waals surface area contributed by atoms with Crippen molar-refractivity contribution in [2.75, 3.05) is 0 Å². The van der Waals surface area contributed by atoms with E-state index >= 15 is 0 Å². The lowest BCUT2D eigenvalue weighted by Gasteiger charge is -2.09. The molecule has 0 fully saturated rings. The smallest absolute Gasteiger partial charge is 0.352 e. The number of hydrogen-bond donors (Lipinski definition) is 1. The van der Waals surface area contributed by atoms with Gasteiger partial charge in [0.25, 0.3) is 0 Å². The van der Waals surface area contributed by atoms with Crippen molar-refractivity contribution in [1.29, 1.82) is 0 Å². The maximum absolute atomic E-state index is 11.2. The first-order chi connectivity index (χ1) is 12.1. The van der Waals surface area contributed by atoms with Gasteiger partial charge < -0.3 is 9.67 Å². The maximum atomic E-state index is 11.2. The second-order valence-corrected chi connectivity index (χ2v) is 6.13. The van der Waals surface area contributed by atoms with E-state index in [1.54, 1.807) is 22.9 Å². The van der Waals surface area contributed by atoms with Crippen LogP contribution in [0.25, 0.3) is 5.69 Å². The Bertz CT molecular complexity index is 868. The van der Waals surface area contributed by atoms with Gasteiger partial charge in [0.05, 0.1) is 6.54 Å². The van der Waals surface area contributed by atoms with Gasteiger partial charge in [-0.1, -0.05) is 25.5 Å². The molecule has 2 aromatic heterocycles. The number of aromatic nitrogens is 4. The van der Waals surface area contributed by atoms with Crippen LogP contribution in [0, 0.1) is 0 Å². The quantitative estimate of drug-likeness (QED) is 0.697. The van der Waals surface area contributed by atoms with E-state index in [0.29, 0.717) is 6.54 Å². The molecule has 2 heterocycles. The summed E-state index contributed by atoms with van der Waals surface area (Å²) in [4.78, 5) is 15.5. The summed E-state index contributed by atoms with van der Waals surface area (Å²) in [5.41, 5.74) is 2.08. The fraction of sp³-hybridized carbons (Fsp3) is 0.278.